The molecule has 3 aromatic rings. The summed E-state index contributed by atoms with van der Waals surface area (Å²) < 4.78 is 40.0. The van der Waals surface area contributed by atoms with E-state index in [9.17, 15) is 13.2 Å². The molecule has 2 aromatic heterocycles. The van der Waals surface area contributed by atoms with Crippen LogP contribution < -0.4 is 11.3 Å². The first kappa shape index (κ1) is 12.8. The van der Waals surface area contributed by atoms with E-state index in [1.54, 1.807) is 11.4 Å². The van der Waals surface area contributed by atoms with Crippen LogP contribution in [-0.4, -0.2) is 9.97 Å². The van der Waals surface area contributed by atoms with E-state index in [1.807, 2.05) is 0 Å². The molecule has 0 fully saturated rings. The molecular weight excluding hydrogens is 289 g/mol. The summed E-state index contributed by atoms with van der Waals surface area (Å²) in [6.07, 6.45) is 0. The maximum atomic E-state index is 13.8. The Balaban J connectivity index is 2.27. The van der Waals surface area contributed by atoms with Crippen molar-refractivity contribution in [1.29, 1.82) is 0 Å². The zero-order chi connectivity index (χ0) is 14.3. The van der Waals surface area contributed by atoms with Crippen molar-refractivity contribution in [1.82, 2.24) is 9.97 Å². The highest BCUT2D eigenvalue weighted by Gasteiger charge is 2.18. The quantitative estimate of drug-likeness (QED) is 0.433. The molecule has 4 nitrogen and oxygen atoms in total. The van der Waals surface area contributed by atoms with Gasteiger partial charge in [-0.2, -0.15) is 0 Å². The Hall–Kier alpha value is -2.19. The highest BCUT2D eigenvalue weighted by atomic mass is 32.1. The van der Waals surface area contributed by atoms with Gasteiger partial charge in [0.1, 0.15) is 4.83 Å². The predicted octanol–water partition coefficient (Wildman–Crippen LogP) is 3.06. The number of rotatable bonds is 2. The van der Waals surface area contributed by atoms with Crippen LogP contribution in [0.25, 0.3) is 21.6 Å². The molecule has 0 saturated carbocycles. The molecule has 102 valence electrons. The number of fused-ring (bicyclic) bond motifs is 1. The van der Waals surface area contributed by atoms with Crippen molar-refractivity contribution in [3.8, 4) is 11.4 Å². The summed E-state index contributed by atoms with van der Waals surface area (Å²) in [4.78, 5) is 8.71. The number of hydrogen-bond acceptors (Lipinski definition) is 5. The van der Waals surface area contributed by atoms with Gasteiger partial charge in [0.25, 0.3) is 0 Å². The summed E-state index contributed by atoms with van der Waals surface area (Å²) in [6, 6.07) is 3.66. The van der Waals surface area contributed by atoms with Gasteiger partial charge < -0.3 is 5.43 Å². The highest BCUT2D eigenvalue weighted by Crippen LogP contribution is 2.30. The number of aromatic nitrogens is 2. The normalized spacial score (nSPS) is 11.0. The topological polar surface area (TPSA) is 63.8 Å². The molecule has 0 aliphatic heterocycles. The third kappa shape index (κ3) is 1.89. The van der Waals surface area contributed by atoms with Crippen molar-refractivity contribution in [3.63, 3.8) is 0 Å². The molecule has 8 heteroatoms. The summed E-state index contributed by atoms with van der Waals surface area (Å²) in [5.74, 6) is 1.42. The van der Waals surface area contributed by atoms with Gasteiger partial charge in [-0.05, 0) is 23.6 Å². The zero-order valence-corrected chi connectivity index (χ0v) is 10.6. The highest BCUT2D eigenvalue weighted by molar-refractivity contribution is 7.16. The number of nitrogens with two attached hydrogens (primary N) is 1. The number of hydrazine groups is 1. The van der Waals surface area contributed by atoms with E-state index in [2.05, 4.69) is 15.4 Å². The maximum Gasteiger partial charge on any atom is 0.195 e. The lowest BCUT2D eigenvalue weighted by molar-refractivity contribution is 0.448. The Morgan fingerprint density at radius 1 is 1.05 bits per heavy atom. The standard InChI is InChI=1S/C12H7F3N4S/c13-7-2-1-5(8(14)9(7)15)10-17-11(19-16)6-3-4-20-12(6)18-10/h1-4H,16H2,(H,17,18,19). The number of thiophene rings is 1. The lowest BCUT2D eigenvalue weighted by atomic mass is 10.2. The largest absolute Gasteiger partial charge is 0.308 e. The van der Waals surface area contributed by atoms with Gasteiger partial charge in [0.2, 0.25) is 0 Å². The number of nitrogens with zero attached hydrogens (tertiary/aromatic N) is 2. The van der Waals surface area contributed by atoms with Crippen LogP contribution in [0.4, 0.5) is 19.0 Å². The van der Waals surface area contributed by atoms with Gasteiger partial charge in [0.05, 0.1) is 10.9 Å². The molecule has 0 amide bonds. The van der Waals surface area contributed by atoms with Crippen LogP contribution in [0.2, 0.25) is 0 Å². The van der Waals surface area contributed by atoms with Gasteiger partial charge >= 0.3 is 0 Å². The average molecular weight is 296 g/mol. The van der Waals surface area contributed by atoms with E-state index in [1.165, 1.54) is 11.3 Å². The van der Waals surface area contributed by atoms with E-state index in [-0.39, 0.29) is 17.2 Å². The van der Waals surface area contributed by atoms with E-state index in [0.29, 0.717) is 10.2 Å². The first-order valence-electron chi connectivity index (χ1n) is 5.47. The molecule has 0 unspecified atom stereocenters. The third-order valence-corrected chi connectivity index (χ3v) is 3.54. The number of benzene rings is 1. The van der Waals surface area contributed by atoms with Gasteiger partial charge in [-0.25, -0.2) is 29.0 Å². The fraction of sp³-hybridized carbons (Fsp3) is 0. The molecule has 0 aliphatic rings. The molecule has 0 saturated heterocycles. The minimum Gasteiger partial charge on any atom is -0.308 e. The second-order valence-electron chi connectivity index (χ2n) is 3.90. The van der Waals surface area contributed by atoms with Crippen LogP contribution in [-0.2, 0) is 0 Å². The lowest BCUT2D eigenvalue weighted by Crippen LogP contribution is -2.10. The second kappa shape index (κ2) is 4.73. The molecule has 1 aromatic carbocycles. The van der Waals surface area contributed by atoms with Gasteiger partial charge in [-0.3, -0.25) is 0 Å². The molecule has 3 N–H and O–H groups in total. The van der Waals surface area contributed by atoms with Crippen molar-refractivity contribution < 1.29 is 13.2 Å². The van der Waals surface area contributed by atoms with Crippen LogP contribution in [0.1, 0.15) is 0 Å². The van der Waals surface area contributed by atoms with Crippen LogP contribution in [0.3, 0.4) is 0 Å². The molecule has 0 radical (unpaired) electrons. The average Bonchev–Trinajstić information content (AvgIpc) is 2.92. The number of nitrogen functional groups attached to an aromatic ring is 1. The Kier molecular flexibility index (Phi) is 3.03. The number of nitrogens with one attached hydrogen (secondary N) is 1. The summed E-state index contributed by atoms with van der Waals surface area (Å²) >= 11 is 1.30. The lowest BCUT2D eigenvalue weighted by Gasteiger charge is -2.07. The van der Waals surface area contributed by atoms with Gasteiger partial charge in [-0.15, -0.1) is 11.3 Å². The smallest absolute Gasteiger partial charge is 0.195 e. The summed E-state index contributed by atoms with van der Waals surface area (Å²) in [7, 11) is 0. The van der Waals surface area contributed by atoms with Crippen molar-refractivity contribution in [2.75, 3.05) is 5.43 Å². The van der Waals surface area contributed by atoms with Crippen molar-refractivity contribution in [2.45, 2.75) is 0 Å². The van der Waals surface area contributed by atoms with Gasteiger partial charge in [0, 0.05) is 0 Å². The Labute approximate surface area is 115 Å². The monoisotopic (exact) mass is 296 g/mol. The third-order valence-electron chi connectivity index (χ3n) is 2.74. The van der Waals surface area contributed by atoms with E-state index in [0.717, 1.165) is 12.1 Å². The second-order valence-corrected chi connectivity index (χ2v) is 4.80. The summed E-state index contributed by atoms with van der Waals surface area (Å²) in [5.41, 5.74) is 2.15. The minimum atomic E-state index is -1.56. The maximum absolute atomic E-state index is 13.8. The Bertz CT molecular complexity index is 803. The van der Waals surface area contributed by atoms with Gasteiger partial charge in [-0.1, -0.05) is 0 Å². The molecule has 3 rings (SSSR count). The molecule has 20 heavy (non-hydrogen) atoms. The van der Waals surface area contributed by atoms with Crippen LogP contribution in [0, 0.1) is 17.5 Å². The fourth-order valence-electron chi connectivity index (χ4n) is 1.78. The van der Waals surface area contributed by atoms with Crippen LogP contribution in [0.15, 0.2) is 23.6 Å². The molecule has 0 bridgehead atoms. The number of halogens is 3. The first-order valence-corrected chi connectivity index (χ1v) is 6.35. The summed E-state index contributed by atoms with van der Waals surface area (Å²) in [5, 5.41) is 2.44. The van der Waals surface area contributed by atoms with Crippen LogP contribution >= 0.6 is 11.3 Å². The van der Waals surface area contributed by atoms with Gasteiger partial charge in [0.15, 0.2) is 29.1 Å². The Morgan fingerprint density at radius 2 is 1.85 bits per heavy atom. The van der Waals surface area contributed by atoms with E-state index < -0.39 is 17.5 Å². The molecule has 0 atom stereocenters. The Morgan fingerprint density at radius 3 is 2.60 bits per heavy atom. The SMILES string of the molecule is NNc1nc(-c2ccc(F)c(F)c2F)nc2sccc12. The fourth-order valence-corrected chi connectivity index (χ4v) is 2.55. The van der Waals surface area contributed by atoms with E-state index >= 15 is 0 Å². The minimum absolute atomic E-state index is 0.0655. The zero-order valence-electron chi connectivity index (χ0n) is 9.82. The molecule has 2 heterocycles. The van der Waals surface area contributed by atoms with Crippen molar-refractivity contribution in [2.24, 2.45) is 5.84 Å². The first-order chi connectivity index (χ1) is 9.61. The predicted molar refractivity (Wildman–Crippen MR) is 70.5 cm³/mol. The van der Waals surface area contributed by atoms with Crippen molar-refractivity contribution in [3.05, 3.63) is 41.0 Å². The summed E-state index contributed by atoms with van der Waals surface area (Å²) in [6.45, 7) is 0. The van der Waals surface area contributed by atoms with Crippen LogP contribution in [0.5, 0.6) is 0 Å². The number of anilines is 1. The molecular formula is C12H7F3N4S. The molecule has 0 aliphatic carbocycles. The van der Waals surface area contributed by atoms with Crippen molar-refractivity contribution >= 4 is 27.4 Å². The van der Waals surface area contributed by atoms with E-state index in [4.69, 9.17) is 5.84 Å². The molecule has 0 spiro atoms. The number of hydrogen-bond donors (Lipinski definition) is 2.